The molecule has 0 saturated heterocycles. The fraction of sp³-hybridized carbons (Fsp3) is 0.400. The van der Waals surface area contributed by atoms with Crippen molar-refractivity contribution in [3.63, 3.8) is 0 Å². The van der Waals surface area contributed by atoms with Crippen molar-refractivity contribution in [1.82, 2.24) is 4.98 Å². The van der Waals surface area contributed by atoms with Crippen molar-refractivity contribution in [3.8, 4) is 0 Å². The van der Waals surface area contributed by atoms with Crippen molar-refractivity contribution < 1.29 is 23.5 Å². The van der Waals surface area contributed by atoms with Crippen LogP contribution >= 0.6 is 0 Å². The number of methoxy groups -OCH3 is 2. The van der Waals surface area contributed by atoms with E-state index in [4.69, 9.17) is 11.0 Å². The van der Waals surface area contributed by atoms with Crippen molar-refractivity contribution in [2.75, 3.05) is 20.8 Å². The number of esters is 2. The smallest absolute Gasteiger partial charge is 0.386 e. The monoisotopic (exact) mass is 240 g/mol. The third-order valence-corrected chi connectivity index (χ3v) is 1.56. The highest BCUT2D eigenvalue weighted by Crippen LogP contribution is 2.04. The molecule has 0 aliphatic heterocycles. The maximum atomic E-state index is 10.8. The minimum absolute atomic E-state index is 0.170. The van der Waals surface area contributed by atoms with Gasteiger partial charge >= 0.3 is 18.5 Å². The Labute approximate surface area is 98.2 Å². The number of rotatable bonds is 2. The molecule has 7 nitrogen and oxygen atoms in total. The van der Waals surface area contributed by atoms with Crippen LogP contribution in [-0.2, 0) is 14.3 Å². The lowest BCUT2D eigenvalue weighted by molar-refractivity contribution is -0.138. The molecule has 1 aromatic rings. The molecule has 0 aliphatic carbocycles. The second-order valence-corrected chi connectivity index (χ2v) is 2.64. The van der Waals surface area contributed by atoms with E-state index in [1.54, 1.807) is 6.92 Å². The first-order valence-electron chi connectivity index (χ1n) is 4.45. The summed E-state index contributed by atoms with van der Waals surface area (Å²) in [5, 5.41) is 0. The van der Waals surface area contributed by atoms with Gasteiger partial charge in [0.05, 0.1) is 14.2 Å². The molecule has 0 N–H and O–H groups in total. The van der Waals surface area contributed by atoms with E-state index in [1.165, 1.54) is 20.6 Å². The summed E-state index contributed by atoms with van der Waals surface area (Å²) < 4.78 is 13.3. The molecule has 0 fully saturated rings. The van der Waals surface area contributed by atoms with Gasteiger partial charge in [-0.3, -0.25) is 0 Å². The zero-order valence-corrected chi connectivity index (χ0v) is 9.72. The molecule has 1 rings (SSSR count). The van der Waals surface area contributed by atoms with Gasteiger partial charge < -0.3 is 18.7 Å². The Morgan fingerprint density at radius 1 is 1.47 bits per heavy atom. The Bertz CT molecular complexity index is 419. The molecule has 0 saturated carbocycles. The van der Waals surface area contributed by atoms with Gasteiger partial charge in [0.1, 0.15) is 5.76 Å². The first-order chi connectivity index (χ1) is 8.06. The van der Waals surface area contributed by atoms with Crippen LogP contribution in [0, 0.1) is 13.5 Å². The van der Waals surface area contributed by atoms with Crippen LogP contribution in [0.4, 0.5) is 0 Å². The Hall–Kier alpha value is -2.36. The van der Waals surface area contributed by atoms with Gasteiger partial charge in [-0.25, -0.2) is 21.1 Å². The van der Waals surface area contributed by atoms with Crippen molar-refractivity contribution >= 4 is 11.9 Å². The molecule has 0 amide bonds. The number of aryl methyl sites for hydroxylation is 1. The van der Waals surface area contributed by atoms with Crippen LogP contribution in [0.1, 0.15) is 16.2 Å². The first kappa shape index (κ1) is 14.6. The molecule has 0 unspecified atom stereocenters. The molecule has 0 bridgehead atoms. The van der Waals surface area contributed by atoms with Gasteiger partial charge in [-0.2, -0.15) is 0 Å². The van der Waals surface area contributed by atoms with Gasteiger partial charge in [0.15, 0.2) is 12.1 Å². The van der Waals surface area contributed by atoms with Crippen LogP contribution in [-0.4, -0.2) is 37.7 Å². The maximum absolute atomic E-state index is 10.8. The summed E-state index contributed by atoms with van der Waals surface area (Å²) in [6.45, 7) is 7.64. The van der Waals surface area contributed by atoms with E-state index < -0.39 is 11.9 Å². The lowest BCUT2D eigenvalue weighted by atomic mass is 10.4. The lowest BCUT2D eigenvalue weighted by Gasteiger charge is -1.91. The molecule has 7 heteroatoms. The predicted octanol–water partition coefficient (Wildman–Crippen LogP) is 0.848. The molecule has 0 atom stereocenters. The number of hydrogen-bond acceptors (Lipinski definition) is 6. The van der Waals surface area contributed by atoms with Gasteiger partial charge in [-0.1, -0.05) is 0 Å². The van der Waals surface area contributed by atoms with Crippen LogP contribution in [0.5, 0.6) is 0 Å². The molecule has 92 valence electrons. The van der Waals surface area contributed by atoms with E-state index in [0.717, 1.165) is 0 Å². The van der Waals surface area contributed by atoms with E-state index in [9.17, 15) is 9.59 Å². The largest absolute Gasteiger partial charge is 0.464 e. The van der Waals surface area contributed by atoms with E-state index in [0.29, 0.717) is 5.76 Å². The number of aromatic nitrogens is 1. The lowest BCUT2D eigenvalue weighted by Crippen LogP contribution is -2.02. The topological polar surface area (TPSA) is 83.0 Å². The fourth-order valence-electron chi connectivity index (χ4n) is 0.727. The number of carbonyl (C=O) groups excluding carboxylic acids is 2. The number of nitrogens with zero attached hydrogens (tertiary/aromatic N) is 2. The number of ether oxygens (including phenoxy) is 2. The summed E-state index contributed by atoms with van der Waals surface area (Å²) in [4.78, 5) is 27.2. The molecular formula is C10H12N2O5. The highest BCUT2D eigenvalue weighted by atomic mass is 16.5. The zero-order chi connectivity index (χ0) is 13.3. The molecular weight excluding hydrogens is 228 g/mol. The van der Waals surface area contributed by atoms with E-state index in [-0.39, 0.29) is 12.2 Å². The summed E-state index contributed by atoms with van der Waals surface area (Å²) in [5.41, 5.74) is 0.238. The number of carbonyl (C=O) groups is 2. The maximum Gasteiger partial charge on any atom is 0.386 e. The van der Waals surface area contributed by atoms with Gasteiger partial charge in [0, 0.05) is 0 Å². The van der Waals surface area contributed by atoms with Crippen molar-refractivity contribution in [1.29, 1.82) is 0 Å². The third kappa shape index (κ3) is 5.32. The number of hydrogen-bond donors (Lipinski definition) is 0. The minimum atomic E-state index is -0.477. The first-order valence-corrected chi connectivity index (χ1v) is 4.45. The summed E-state index contributed by atoms with van der Waals surface area (Å²) in [5.74, 6) is -0.465. The average Bonchev–Trinajstić information content (AvgIpc) is 2.75. The average molecular weight is 240 g/mol. The molecule has 0 aliphatic rings. The Kier molecular flexibility index (Phi) is 6.78. The van der Waals surface area contributed by atoms with E-state index in [2.05, 4.69) is 19.3 Å². The van der Waals surface area contributed by atoms with Crippen LogP contribution in [0.3, 0.4) is 0 Å². The Balaban J connectivity index is 0.000000325. The zero-order valence-electron chi connectivity index (χ0n) is 9.72. The second-order valence-electron chi connectivity index (χ2n) is 2.64. The molecule has 1 heterocycles. The van der Waals surface area contributed by atoms with Crippen LogP contribution in [0.2, 0.25) is 0 Å². The highest BCUT2D eigenvalue weighted by molar-refractivity contribution is 5.87. The number of oxazole rings is 1. The second kappa shape index (κ2) is 7.87. The summed E-state index contributed by atoms with van der Waals surface area (Å²) in [7, 11) is 2.56. The van der Waals surface area contributed by atoms with Crippen molar-refractivity contribution in [2.24, 2.45) is 0 Å². The van der Waals surface area contributed by atoms with Gasteiger partial charge in [0.25, 0.3) is 0 Å². The summed E-state index contributed by atoms with van der Waals surface area (Å²) >= 11 is 0. The van der Waals surface area contributed by atoms with Gasteiger partial charge in [-0.15, -0.1) is 0 Å². The quantitative estimate of drug-likeness (QED) is 0.563. The highest BCUT2D eigenvalue weighted by Gasteiger charge is 2.12. The predicted molar refractivity (Wildman–Crippen MR) is 56.1 cm³/mol. The SMILES string of the molecule is COC(=O)c1ncoc1C.[C-]#[N+]CC(=O)OC. The molecule has 0 radical (unpaired) electrons. The summed E-state index contributed by atoms with van der Waals surface area (Å²) in [6, 6.07) is 0. The van der Waals surface area contributed by atoms with Crippen molar-refractivity contribution in [3.05, 3.63) is 29.3 Å². The molecule has 17 heavy (non-hydrogen) atoms. The van der Waals surface area contributed by atoms with Gasteiger partial charge in [-0.05, 0) is 6.92 Å². The van der Waals surface area contributed by atoms with Crippen LogP contribution in [0.25, 0.3) is 4.85 Å². The van der Waals surface area contributed by atoms with Crippen LogP contribution < -0.4 is 0 Å². The van der Waals surface area contributed by atoms with Crippen molar-refractivity contribution in [2.45, 2.75) is 6.92 Å². The minimum Gasteiger partial charge on any atom is -0.464 e. The summed E-state index contributed by atoms with van der Waals surface area (Å²) in [6.07, 6.45) is 1.21. The van der Waals surface area contributed by atoms with E-state index >= 15 is 0 Å². The normalized spacial score (nSPS) is 8.35. The van der Waals surface area contributed by atoms with Gasteiger partial charge in [0.2, 0.25) is 0 Å². The molecule has 1 aromatic heterocycles. The molecule has 0 spiro atoms. The van der Waals surface area contributed by atoms with E-state index in [1.807, 2.05) is 0 Å². The molecule has 0 aromatic carbocycles. The Morgan fingerprint density at radius 2 is 2.12 bits per heavy atom. The fourth-order valence-corrected chi connectivity index (χ4v) is 0.727. The Morgan fingerprint density at radius 3 is 2.41 bits per heavy atom. The van der Waals surface area contributed by atoms with Crippen LogP contribution in [0.15, 0.2) is 10.8 Å². The third-order valence-electron chi connectivity index (χ3n) is 1.56. The standard InChI is InChI=1S/C6H7NO3.C4H5NO2/c1-4-5(6(8)9-2)7-3-10-4;1-5-3-4(6)7-2/h3H,1-2H3;3H2,2H3.